The average Bonchev–Trinajstić information content (AvgIpc) is 2.68. The number of nitrogens with zero attached hydrogens (tertiary/aromatic N) is 4. The molecule has 0 radical (unpaired) electrons. The molecule has 6 heteroatoms. The minimum atomic E-state index is 0.468. The zero-order valence-corrected chi connectivity index (χ0v) is 16.6. The topological polar surface area (TPSA) is 51.1 Å². The van der Waals surface area contributed by atoms with E-state index in [-0.39, 0.29) is 0 Å². The van der Waals surface area contributed by atoms with Gasteiger partial charge in [-0.15, -0.1) is 10.2 Å². The van der Waals surface area contributed by atoms with Crippen LogP contribution in [0.5, 0.6) is 11.6 Å². The second kappa shape index (κ2) is 8.93. The number of hydrogen-bond acceptors (Lipinski definition) is 5. The smallest absolute Gasteiger partial charge is 0.246 e. The molecule has 0 aliphatic carbocycles. The number of hydrogen-bond donors (Lipinski definition) is 0. The lowest BCUT2D eigenvalue weighted by Gasteiger charge is -2.18. The van der Waals surface area contributed by atoms with Crippen molar-refractivity contribution in [2.75, 3.05) is 13.1 Å². The summed E-state index contributed by atoms with van der Waals surface area (Å²) in [5.41, 5.74) is 2.77. The highest BCUT2D eigenvalue weighted by molar-refractivity contribution is 6.30. The molecular weight excluding hydrogens is 360 g/mol. The van der Waals surface area contributed by atoms with Crippen LogP contribution in [0.25, 0.3) is 11.4 Å². The Hall–Kier alpha value is -2.50. The van der Waals surface area contributed by atoms with Crippen LogP contribution >= 0.6 is 11.6 Å². The van der Waals surface area contributed by atoms with E-state index in [1.54, 1.807) is 12.1 Å². The number of halogens is 1. The van der Waals surface area contributed by atoms with E-state index in [0.29, 0.717) is 34.7 Å². The number of ether oxygens (including phenoxy) is 1. The van der Waals surface area contributed by atoms with E-state index in [9.17, 15) is 0 Å². The van der Waals surface area contributed by atoms with Gasteiger partial charge in [-0.05, 0) is 50.3 Å². The largest absolute Gasteiger partial charge is 0.437 e. The molecule has 0 aliphatic heterocycles. The van der Waals surface area contributed by atoms with Gasteiger partial charge in [0.15, 0.2) is 5.82 Å². The van der Waals surface area contributed by atoms with Crippen LogP contribution in [0.15, 0.2) is 48.5 Å². The van der Waals surface area contributed by atoms with Crippen molar-refractivity contribution in [3.8, 4) is 23.0 Å². The molecule has 5 nitrogen and oxygen atoms in total. The van der Waals surface area contributed by atoms with Crippen molar-refractivity contribution in [1.82, 2.24) is 20.1 Å². The molecule has 27 heavy (non-hydrogen) atoms. The van der Waals surface area contributed by atoms with Gasteiger partial charge in [-0.1, -0.05) is 49.2 Å². The van der Waals surface area contributed by atoms with Crippen molar-refractivity contribution < 1.29 is 4.74 Å². The molecule has 3 aromatic rings. The molecule has 0 amide bonds. The zero-order chi connectivity index (χ0) is 19.2. The van der Waals surface area contributed by atoms with Gasteiger partial charge in [0.25, 0.3) is 0 Å². The summed E-state index contributed by atoms with van der Waals surface area (Å²) in [6, 6.07) is 15.2. The molecule has 1 heterocycles. The molecule has 0 saturated carbocycles. The summed E-state index contributed by atoms with van der Waals surface area (Å²) in [6.07, 6.45) is 0. The van der Waals surface area contributed by atoms with Crippen LogP contribution in [0.2, 0.25) is 5.02 Å². The average molecular weight is 383 g/mol. The zero-order valence-electron chi connectivity index (χ0n) is 15.8. The Kier molecular flexibility index (Phi) is 6.37. The van der Waals surface area contributed by atoms with Crippen LogP contribution in [0.1, 0.15) is 25.1 Å². The predicted octanol–water partition coefficient (Wildman–Crippen LogP) is 5.13. The van der Waals surface area contributed by atoms with Crippen molar-refractivity contribution in [2.24, 2.45) is 0 Å². The first-order valence-corrected chi connectivity index (χ1v) is 9.43. The third-order valence-electron chi connectivity index (χ3n) is 4.29. The summed E-state index contributed by atoms with van der Waals surface area (Å²) >= 11 is 5.97. The van der Waals surface area contributed by atoms with Crippen molar-refractivity contribution in [3.63, 3.8) is 0 Å². The Morgan fingerprint density at radius 2 is 1.74 bits per heavy atom. The molecule has 0 saturated heterocycles. The van der Waals surface area contributed by atoms with Crippen LogP contribution in [0.3, 0.4) is 0 Å². The summed E-state index contributed by atoms with van der Waals surface area (Å²) in [6.45, 7) is 8.73. The Bertz CT molecular complexity index is 895. The predicted molar refractivity (Wildman–Crippen MR) is 108 cm³/mol. The van der Waals surface area contributed by atoms with Crippen LogP contribution < -0.4 is 4.74 Å². The second-order valence-corrected chi connectivity index (χ2v) is 6.71. The van der Waals surface area contributed by atoms with Crippen molar-refractivity contribution in [1.29, 1.82) is 0 Å². The third kappa shape index (κ3) is 5.02. The SMILES string of the molecule is CCN(CC)Cc1nnc(-c2cccc(C)c2)nc1Oc1ccc(Cl)cc1. The van der Waals surface area contributed by atoms with Crippen LogP contribution in [0.4, 0.5) is 0 Å². The first-order chi connectivity index (χ1) is 13.1. The number of aromatic nitrogens is 3. The summed E-state index contributed by atoms with van der Waals surface area (Å²) in [5, 5.41) is 9.43. The van der Waals surface area contributed by atoms with Crippen LogP contribution in [-0.2, 0) is 6.54 Å². The normalized spacial score (nSPS) is 11.0. The molecule has 0 unspecified atom stereocenters. The van der Waals surface area contributed by atoms with E-state index in [1.807, 2.05) is 43.3 Å². The summed E-state index contributed by atoms with van der Waals surface area (Å²) in [4.78, 5) is 6.91. The number of rotatable bonds is 7. The fourth-order valence-electron chi connectivity index (χ4n) is 2.69. The third-order valence-corrected chi connectivity index (χ3v) is 4.54. The van der Waals surface area contributed by atoms with Gasteiger partial charge in [0.05, 0.1) is 0 Å². The number of benzene rings is 2. The minimum absolute atomic E-state index is 0.468. The summed E-state index contributed by atoms with van der Waals surface area (Å²) in [5.74, 6) is 1.68. The Labute approximate surface area is 165 Å². The monoisotopic (exact) mass is 382 g/mol. The Morgan fingerprint density at radius 3 is 2.41 bits per heavy atom. The van der Waals surface area contributed by atoms with Gasteiger partial charge in [-0.2, -0.15) is 4.98 Å². The van der Waals surface area contributed by atoms with Gasteiger partial charge in [0, 0.05) is 17.1 Å². The fraction of sp³-hybridized carbons (Fsp3) is 0.286. The molecule has 0 atom stereocenters. The Balaban J connectivity index is 1.98. The molecule has 1 aromatic heterocycles. The van der Waals surface area contributed by atoms with Gasteiger partial charge in [-0.3, -0.25) is 4.90 Å². The van der Waals surface area contributed by atoms with E-state index < -0.39 is 0 Å². The number of aryl methyl sites for hydroxylation is 1. The van der Waals surface area contributed by atoms with Crippen molar-refractivity contribution in [3.05, 3.63) is 64.8 Å². The second-order valence-electron chi connectivity index (χ2n) is 6.27. The quantitative estimate of drug-likeness (QED) is 0.566. The molecule has 0 fully saturated rings. The molecule has 140 valence electrons. The molecule has 0 N–H and O–H groups in total. The highest BCUT2D eigenvalue weighted by Crippen LogP contribution is 2.26. The molecule has 0 aliphatic rings. The first kappa shape index (κ1) is 19.3. The maximum Gasteiger partial charge on any atom is 0.246 e. The molecular formula is C21H23ClN4O. The molecule has 0 spiro atoms. The first-order valence-electron chi connectivity index (χ1n) is 9.05. The highest BCUT2D eigenvalue weighted by atomic mass is 35.5. The van der Waals surface area contributed by atoms with E-state index >= 15 is 0 Å². The van der Waals surface area contributed by atoms with Gasteiger partial charge >= 0.3 is 0 Å². The van der Waals surface area contributed by atoms with Gasteiger partial charge in [0.1, 0.15) is 11.4 Å². The van der Waals surface area contributed by atoms with Gasteiger partial charge in [0.2, 0.25) is 5.88 Å². The maximum atomic E-state index is 6.05. The minimum Gasteiger partial charge on any atom is -0.437 e. The van der Waals surface area contributed by atoms with Gasteiger partial charge in [-0.25, -0.2) is 0 Å². The fourth-order valence-corrected chi connectivity index (χ4v) is 2.82. The van der Waals surface area contributed by atoms with E-state index in [0.717, 1.165) is 24.2 Å². The lowest BCUT2D eigenvalue weighted by Crippen LogP contribution is -2.23. The molecule has 0 bridgehead atoms. The van der Waals surface area contributed by atoms with Gasteiger partial charge < -0.3 is 4.74 Å². The summed E-state index contributed by atoms with van der Waals surface area (Å²) < 4.78 is 6.05. The van der Waals surface area contributed by atoms with Crippen LogP contribution in [-0.4, -0.2) is 33.2 Å². The lowest BCUT2D eigenvalue weighted by atomic mass is 10.1. The van der Waals surface area contributed by atoms with Crippen molar-refractivity contribution >= 4 is 11.6 Å². The van der Waals surface area contributed by atoms with E-state index in [4.69, 9.17) is 16.3 Å². The molecule has 2 aromatic carbocycles. The standard InChI is InChI=1S/C21H23ClN4O/c1-4-26(5-2)14-19-21(27-18-11-9-17(22)10-12-18)23-20(25-24-19)16-8-6-7-15(3)13-16/h6-13H,4-5,14H2,1-3H3. The van der Waals surface area contributed by atoms with Crippen molar-refractivity contribution in [2.45, 2.75) is 27.3 Å². The van der Waals surface area contributed by atoms with E-state index in [2.05, 4.69) is 33.9 Å². The highest BCUT2D eigenvalue weighted by Gasteiger charge is 2.15. The van der Waals surface area contributed by atoms with Crippen LogP contribution in [0, 0.1) is 6.92 Å². The summed E-state index contributed by atoms with van der Waals surface area (Å²) in [7, 11) is 0. The molecule has 3 rings (SSSR count). The lowest BCUT2D eigenvalue weighted by molar-refractivity contribution is 0.284. The Morgan fingerprint density at radius 1 is 1.00 bits per heavy atom. The maximum absolute atomic E-state index is 6.05. The van der Waals surface area contributed by atoms with E-state index in [1.165, 1.54) is 0 Å².